The smallest absolute Gasteiger partial charge is 0.252 e. The Labute approximate surface area is 83.3 Å². The zero-order chi connectivity index (χ0) is 9.14. The molecule has 1 rings (SSSR count). The second kappa shape index (κ2) is 3.84. The van der Waals surface area contributed by atoms with E-state index >= 15 is 0 Å². The molecule has 0 spiro atoms. The van der Waals surface area contributed by atoms with Crippen LogP contribution in [0.4, 0.5) is 4.39 Å². The lowest BCUT2D eigenvalue weighted by Gasteiger charge is -2.02. The van der Waals surface area contributed by atoms with E-state index in [9.17, 15) is 9.18 Å². The van der Waals surface area contributed by atoms with E-state index in [1.807, 2.05) is 22.6 Å². The third-order valence-corrected chi connectivity index (χ3v) is 2.52. The van der Waals surface area contributed by atoms with Crippen molar-refractivity contribution in [2.24, 2.45) is 0 Å². The van der Waals surface area contributed by atoms with Crippen LogP contribution in [0.25, 0.3) is 0 Å². The van der Waals surface area contributed by atoms with Crippen LogP contribution in [0.3, 0.4) is 0 Å². The highest BCUT2D eigenvalue weighted by molar-refractivity contribution is 14.1. The van der Waals surface area contributed by atoms with Crippen molar-refractivity contribution in [3.63, 3.8) is 0 Å². The molecule has 64 valence electrons. The third kappa shape index (κ3) is 1.74. The molecule has 0 saturated heterocycles. The molecule has 0 heterocycles. The first kappa shape index (κ1) is 9.44. The first-order valence-corrected chi connectivity index (χ1v) is 4.40. The first-order chi connectivity index (χ1) is 5.66. The van der Waals surface area contributed by atoms with Crippen LogP contribution < -0.4 is 5.32 Å². The fourth-order valence-corrected chi connectivity index (χ4v) is 1.42. The number of rotatable bonds is 1. The maximum absolute atomic E-state index is 12.9. The summed E-state index contributed by atoms with van der Waals surface area (Å²) in [5, 5.41) is 2.44. The van der Waals surface area contributed by atoms with E-state index < -0.39 is 0 Å². The maximum Gasteiger partial charge on any atom is 0.252 e. The van der Waals surface area contributed by atoms with Crippen LogP contribution in [0.2, 0.25) is 0 Å². The van der Waals surface area contributed by atoms with Crippen molar-refractivity contribution < 1.29 is 9.18 Å². The Balaban J connectivity index is 3.16. The van der Waals surface area contributed by atoms with Gasteiger partial charge in [0.1, 0.15) is 5.82 Å². The zero-order valence-electron chi connectivity index (χ0n) is 6.40. The Morgan fingerprint density at radius 2 is 2.25 bits per heavy atom. The van der Waals surface area contributed by atoms with Gasteiger partial charge in [-0.25, -0.2) is 4.39 Å². The van der Waals surface area contributed by atoms with E-state index in [1.165, 1.54) is 19.2 Å². The van der Waals surface area contributed by atoms with Gasteiger partial charge in [0, 0.05) is 7.05 Å². The Hall–Kier alpha value is -0.650. The van der Waals surface area contributed by atoms with Crippen LogP contribution in [-0.2, 0) is 0 Å². The van der Waals surface area contributed by atoms with Crippen LogP contribution in [-0.4, -0.2) is 13.0 Å². The summed E-state index contributed by atoms with van der Waals surface area (Å²) in [6.45, 7) is 0. The molecule has 0 saturated carbocycles. The number of nitrogens with one attached hydrogen (secondary N) is 1. The first-order valence-electron chi connectivity index (χ1n) is 3.33. The van der Waals surface area contributed by atoms with Gasteiger partial charge in [-0.2, -0.15) is 0 Å². The van der Waals surface area contributed by atoms with E-state index in [4.69, 9.17) is 0 Å². The van der Waals surface area contributed by atoms with Gasteiger partial charge in [0.25, 0.3) is 5.91 Å². The summed E-state index contributed by atoms with van der Waals surface area (Å²) >= 11 is 1.81. The van der Waals surface area contributed by atoms with Gasteiger partial charge in [-0.3, -0.25) is 4.79 Å². The average molecular weight is 279 g/mol. The third-order valence-electron chi connectivity index (χ3n) is 1.42. The Kier molecular flexibility index (Phi) is 3.02. The molecule has 0 aliphatic heterocycles. The zero-order valence-corrected chi connectivity index (χ0v) is 8.55. The molecule has 4 heteroatoms. The SMILES string of the molecule is CNC(=O)c1cccc(F)c1I. The van der Waals surface area contributed by atoms with Crippen LogP contribution in [0.5, 0.6) is 0 Å². The van der Waals surface area contributed by atoms with E-state index in [0.29, 0.717) is 9.13 Å². The molecule has 0 bridgehead atoms. The fourth-order valence-electron chi connectivity index (χ4n) is 0.814. The molecule has 1 N–H and O–H groups in total. The van der Waals surface area contributed by atoms with E-state index in [1.54, 1.807) is 6.07 Å². The second-order valence-electron chi connectivity index (χ2n) is 2.18. The van der Waals surface area contributed by atoms with Gasteiger partial charge in [0.15, 0.2) is 0 Å². The fraction of sp³-hybridized carbons (Fsp3) is 0.125. The van der Waals surface area contributed by atoms with Crippen molar-refractivity contribution in [1.82, 2.24) is 5.32 Å². The van der Waals surface area contributed by atoms with Crippen LogP contribution in [0, 0.1) is 9.39 Å². The summed E-state index contributed by atoms with van der Waals surface area (Å²) < 4.78 is 13.2. The quantitative estimate of drug-likeness (QED) is 0.780. The largest absolute Gasteiger partial charge is 0.355 e. The molecule has 12 heavy (non-hydrogen) atoms. The summed E-state index contributed by atoms with van der Waals surface area (Å²) in [7, 11) is 1.52. The Morgan fingerprint density at radius 3 is 2.83 bits per heavy atom. The number of halogens is 2. The van der Waals surface area contributed by atoms with Gasteiger partial charge in [0.05, 0.1) is 9.13 Å². The van der Waals surface area contributed by atoms with Crippen molar-refractivity contribution >= 4 is 28.5 Å². The molecular weight excluding hydrogens is 272 g/mol. The number of benzene rings is 1. The highest BCUT2D eigenvalue weighted by Gasteiger charge is 2.10. The Morgan fingerprint density at radius 1 is 1.58 bits per heavy atom. The minimum Gasteiger partial charge on any atom is -0.355 e. The molecule has 0 atom stereocenters. The van der Waals surface area contributed by atoms with Crippen molar-refractivity contribution in [2.75, 3.05) is 7.05 Å². The van der Waals surface area contributed by atoms with Crippen molar-refractivity contribution in [1.29, 1.82) is 0 Å². The van der Waals surface area contributed by atoms with E-state index in [2.05, 4.69) is 5.32 Å². The van der Waals surface area contributed by atoms with Gasteiger partial charge in [-0.05, 0) is 34.7 Å². The minimum absolute atomic E-state index is 0.265. The summed E-state index contributed by atoms with van der Waals surface area (Å²) in [5.74, 6) is -0.629. The summed E-state index contributed by atoms with van der Waals surface area (Å²) in [5.41, 5.74) is 0.373. The summed E-state index contributed by atoms with van der Waals surface area (Å²) in [6, 6.07) is 4.43. The molecule has 1 aromatic carbocycles. The molecule has 0 aliphatic rings. The van der Waals surface area contributed by atoms with Crippen LogP contribution in [0.15, 0.2) is 18.2 Å². The number of carbonyl (C=O) groups excluding carboxylic acids is 1. The van der Waals surface area contributed by atoms with Crippen molar-refractivity contribution in [2.45, 2.75) is 0 Å². The molecule has 0 aromatic heterocycles. The molecule has 0 aliphatic carbocycles. The lowest BCUT2D eigenvalue weighted by atomic mass is 10.2. The predicted octanol–water partition coefficient (Wildman–Crippen LogP) is 1.79. The monoisotopic (exact) mass is 279 g/mol. The van der Waals surface area contributed by atoms with E-state index in [0.717, 1.165) is 0 Å². The summed E-state index contributed by atoms with van der Waals surface area (Å²) in [6.07, 6.45) is 0. The van der Waals surface area contributed by atoms with Gasteiger partial charge in [-0.15, -0.1) is 0 Å². The van der Waals surface area contributed by atoms with Crippen molar-refractivity contribution in [3.05, 3.63) is 33.1 Å². The normalized spacial score (nSPS) is 9.58. The van der Waals surface area contributed by atoms with Gasteiger partial charge >= 0.3 is 0 Å². The van der Waals surface area contributed by atoms with E-state index in [-0.39, 0.29) is 11.7 Å². The Bertz CT molecular complexity index is 314. The lowest BCUT2D eigenvalue weighted by molar-refractivity contribution is 0.0961. The molecule has 1 amide bonds. The molecule has 1 aromatic rings. The lowest BCUT2D eigenvalue weighted by Crippen LogP contribution is -2.19. The second-order valence-corrected chi connectivity index (χ2v) is 3.26. The van der Waals surface area contributed by atoms with Gasteiger partial charge < -0.3 is 5.32 Å². The summed E-state index contributed by atoms with van der Waals surface area (Å²) in [4.78, 5) is 11.1. The van der Waals surface area contributed by atoms with Crippen molar-refractivity contribution in [3.8, 4) is 0 Å². The maximum atomic E-state index is 12.9. The highest BCUT2D eigenvalue weighted by atomic mass is 127. The molecule has 0 radical (unpaired) electrons. The number of hydrogen-bond acceptors (Lipinski definition) is 1. The number of carbonyl (C=O) groups is 1. The number of hydrogen-bond donors (Lipinski definition) is 1. The van der Waals surface area contributed by atoms with Gasteiger partial charge in [-0.1, -0.05) is 6.07 Å². The van der Waals surface area contributed by atoms with Gasteiger partial charge in [0.2, 0.25) is 0 Å². The van der Waals surface area contributed by atoms with Crippen LogP contribution in [0.1, 0.15) is 10.4 Å². The molecule has 2 nitrogen and oxygen atoms in total. The standard InChI is InChI=1S/C8H7FINO/c1-11-8(12)5-3-2-4-6(9)7(5)10/h2-4H,1H3,(H,11,12). The number of amides is 1. The van der Waals surface area contributed by atoms with Crippen LogP contribution >= 0.6 is 22.6 Å². The topological polar surface area (TPSA) is 29.1 Å². The molecule has 0 fully saturated rings. The molecular formula is C8H7FINO. The minimum atomic E-state index is -0.364. The highest BCUT2D eigenvalue weighted by Crippen LogP contribution is 2.15. The molecule has 0 unspecified atom stereocenters. The predicted molar refractivity (Wildman–Crippen MR) is 52.5 cm³/mol. The average Bonchev–Trinajstić information content (AvgIpc) is 2.08.